The molecule has 2 N–H and O–H groups in total. The summed E-state index contributed by atoms with van der Waals surface area (Å²) in [6, 6.07) is 41.1. The third-order valence-corrected chi connectivity index (χ3v) is 12.2. The molecular formula is C50H44N5O-. The van der Waals surface area contributed by atoms with Crippen molar-refractivity contribution >= 4 is 55.3 Å². The Balaban J connectivity index is 1.05. The van der Waals surface area contributed by atoms with E-state index in [0.29, 0.717) is 12.5 Å². The van der Waals surface area contributed by atoms with Crippen LogP contribution in [0.15, 0.2) is 167 Å². The van der Waals surface area contributed by atoms with Crippen molar-refractivity contribution < 1.29 is 4.42 Å². The maximum Gasteiger partial charge on any atom is 0.160 e. The van der Waals surface area contributed by atoms with Gasteiger partial charge in [0.25, 0.3) is 0 Å². The number of allylic oxidation sites excluding steroid dienone is 5. The molecule has 0 radical (unpaired) electrons. The SMILES string of the molecule is C1=CC(n2c3ccccc3c3ccc4c5ccc(C6[N-]CC(c7ccccc7)C=C6C6N=C(c7ccccc7)NC(C7C=CCCC7)N6)cc5oc4c32)=CCC1. The zero-order valence-corrected chi connectivity index (χ0v) is 31.3. The van der Waals surface area contributed by atoms with Gasteiger partial charge in [0, 0.05) is 38.7 Å². The van der Waals surface area contributed by atoms with E-state index < -0.39 is 0 Å². The predicted octanol–water partition coefficient (Wildman–Crippen LogP) is 11.7. The molecule has 11 rings (SSSR count). The van der Waals surface area contributed by atoms with E-state index in [0.717, 1.165) is 70.1 Å². The minimum absolute atomic E-state index is 0.0454. The van der Waals surface area contributed by atoms with Crippen LogP contribution in [0.3, 0.4) is 0 Å². The molecule has 2 aliphatic carbocycles. The fourth-order valence-electron chi connectivity index (χ4n) is 9.48. The van der Waals surface area contributed by atoms with E-state index in [1.165, 1.54) is 39.5 Å². The number of fused-ring (bicyclic) bond motifs is 7. The molecule has 0 saturated heterocycles. The van der Waals surface area contributed by atoms with Crippen LogP contribution >= 0.6 is 0 Å². The van der Waals surface area contributed by atoms with Crippen LogP contribution in [-0.2, 0) is 0 Å². The van der Waals surface area contributed by atoms with Crippen molar-refractivity contribution in [3.05, 3.63) is 179 Å². The van der Waals surface area contributed by atoms with Gasteiger partial charge in [-0.05, 0) is 73.4 Å². The van der Waals surface area contributed by atoms with Crippen molar-refractivity contribution in [1.82, 2.24) is 15.2 Å². The third-order valence-electron chi connectivity index (χ3n) is 12.2. The van der Waals surface area contributed by atoms with Crippen LogP contribution in [0.25, 0.3) is 54.8 Å². The summed E-state index contributed by atoms with van der Waals surface area (Å²) < 4.78 is 9.41. The van der Waals surface area contributed by atoms with Gasteiger partial charge in [-0.3, -0.25) is 5.32 Å². The summed E-state index contributed by atoms with van der Waals surface area (Å²) in [6.07, 6.45) is 19.4. The largest absolute Gasteiger partial charge is 0.651 e. The van der Waals surface area contributed by atoms with E-state index in [1.807, 2.05) is 0 Å². The Morgan fingerprint density at radius 3 is 2.41 bits per heavy atom. The van der Waals surface area contributed by atoms with Gasteiger partial charge in [-0.25, -0.2) is 4.99 Å². The lowest BCUT2D eigenvalue weighted by Gasteiger charge is -2.46. The van der Waals surface area contributed by atoms with Gasteiger partial charge < -0.3 is 19.6 Å². The molecule has 276 valence electrons. The second-order valence-corrected chi connectivity index (χ2v) is 15.7. The number of hydrogen-bond acceptors (Lipinski definition) is 4. The molecule has 2 aromatic heterocycles. The zero-order valence-electron chi connectivity index (χ0n) is 31.3. The third kappa shape index (κ3) is 5.75. The molecule has 7 aromatic rings. The summed E-state index contributed by atoms with van der Waals surface area (Å²) in [7, 11) is 0. The van der Waals surface area contributed by atoms with Crippen molar-refractivity contribution in [2.45, 2.75) is 56.4 Å². The molecule has 4 aliphatic rings. The van der Waals surface area contributed by atoms with Crippen LogP contribution in [0.2, 0.25) is 0 Å². The van der Waals surface area contributed by atoms with Gasteiger partial charge in [0.2, 0.25) is 0 Å². The summed E-state index contributed by atoms with van der Waals surface area (Å²) in [5.74, 6) is 1.45. The first-order chi connectivity index (χ1) is 27.8. The van der Waals surface area contributed by atoms with Crippen molar-refractivity contribution in [3.8, 4) is 0 Å². The number of nitrogens with one attached hydrogen (secondary N) is 2. The number of amidine groups is 1. The molecule has 4 heterocycles. The standard InChI is InChI=1S/C50H44N5O/c1-5-15-32(16-6-1)36-29-42(50-53-48(33-17-7-2-8-18-33)52-49(54-50)34-19-9-3-10-20-34)45(51-31-36)35-25-26-39-41-28-27-40-38-23-13-14-24-43(38)55(37-21-11-4-12-22-37)46(40)47(41)56-44(39)30-35/h1-2,5-9,11,13-19,21-30,34,36,45,49-50,54H,3-4,10,12,20,31H2,(H,52,53)/q-1. The average Bonchev–Trinajstić information content (AvgIpc) is 3.83. The second kappa shape index (κ2) is 14.0. The number of benzene rings is 5. The minimum atomic E-state index is -0.259. The monoisotopic (exact) mass is 730 g/mol. The van der Waals surface area contributed by atoms with E-state index in [2.05, 4.69) is 167 Å². The van der Waals surface area contributed by atoms with Gasteiger partial charge in [-0.15, -0.1) is 6.54 Å². The fraction of sp³-hybridized carbons (Fsp3) is 0.220. The van der Waals surface area contributed by atoms with Crippen LogP contribution in [0.1, 0.15) is 60.8 Å². The molecule has 5 unspecified atom stereocenters. The Hall–Kier alpha value is -5.95. The molecule has 0 fully saturated rings. The lowest BCUT2D eigenvalue weighted by molar-refractivity contribution is 0.316. The van der Waals surface area contributed by atoms with E-state index in [9.17, 15) is 0 Å². The Labute approximate surface area is 327 Å². The normalized spacial score (nSPS) is 24.0. The Morgan fingerprint density at radius 2 is 1.57 bits per heavy atom. The van der Waals surface area contributed by atoms with Crippen molar-refractivity contribution in [2.24, 2.45) is 10.9 Å². The highest BCUT2D eigenvalue weighted by Gasteiger charge is 2.33. The van der Waals surface area contributed by atoms with Crippen molar-refractivity contribution in [3.63, 3.8) is 0 Å². The van der Waals surface area contributed by atoms with Gasteiger partial charge in [0.05, 0.1) is 17.2 Å². The Morgan fingerprint density at radius 1 is 0.750 bits per heavy atom. The molecular weight excluding hydrogens is 687 g/mol. The van der Waals surface area contributed by atoms with Crippen molar-refractivity contribution in [2.75, 3.05) is 6.54 Å². The van der Waals surface area contributed by atoms with Crippen LogP contribution in [-0.4, -0.2) is 29.3 Å². The molecule has 0 amide bonds. The molecule has 0 bridgehead atoms. The summed E-state index contributed by atoms with van der Waals surface area (Å²) in [5, 5.41) is 18.0. The van der Waals surface area contributed by atoms with Crippen LogP contribution in [0, 0.1) is 5.92 Å². The van der Waals surface area contributed by atoms with E-state index in [1.54, 1.807) is 0 Å². The first-order valence-corrected chi connectivity index (χ1v) is 20.3. The van der Waals surface area contributed by atoms with Gasteiger partial charge in [0.15, 0.2) is 5.58 Å². The maximum atomic E-state index is 7.01. The first-order valence-electron chi connectivity index (χ1n) is 20.3. The van der Waals surface area contributed by atoms with Gasteiger partial charge in [0.1, 0.15) is 17.6 Å². The summed E-state index contributed by atoms with van der Waals surface area (Å²) >= 11 is 0. The number of aliphatic imine (C=N–C) groups is 1. The molecule has 5 atom stereocenters. The Bertz CT molecular complexity index is 2770. The summed E-state index contributed by atoms with van der Waals surface area (Å²) in [5.41, 5.74) is 10.00. The number of nitrogens with zero attached hydrogens (tertiary/aromatic N) is 3. The molecule has 0 spiro atoms. The minimum Gasteiger partial charge on any atom is -0.651 e. The van der Waals surface area contributed by atoms with E-state index in [-0.39, 0.29) is 24.3 Å². The van der Waals surface area contributed by atoms with Gasteiger partial charge in [-0.1, -0.05) is 139 Å². The Kier molecular flexibility index (Phi) is 8.33. The molecule has 56 heavy (non-hydrogen) atoms. The second-order valence-electron chi connectivity index (χ2n) is 15.7. The van der Waals surface area contributed by atoms with Gasteiger partial charge >= 0.3 is 0 Å². The number of rotatable bonds is 6. The number of aromatic nitrogens is 1. The summed E-state index contributed by atoms with van der Waals surface area (Å²) in [6.45, 7) is 0.703. The van der Waals surface area contributed by atoms with Crippen LogP contribution in [0.4, 0.5) is 0 Å². The molecule has 6 heteroatoms. The van der Waals surface area contributed by atoms with E-state index >= 15 is 0 Å². The maximum absolute atomic E-state index is 7.01. The number of para-hydroxylation sites is 1. The van der Waals surface area contributed by atoms with Crippen LogP contribution < -0.4 is 10.6 Å². The predicted molar refractivity (Wildman–Crippen MR) is 231 cm³/mol. The highest BCUT2D eigenvalue weighted by molar-refractivity contribution is 6.22. The highest BCUT2D eigenvalue weighted by atomic mass is 16.3. The smallest absolute Gasteiger partial charge is 0.160 e. The first kappa shape index (κ1) is 33.4. The van der Waals surface area contributed by atoms with Crippen molar-refractivity contribution in [1.29, 1.82) is 0 Å². The lowest BCUT2D eigenvalue weighted by Crippen LogP contribution is -2.58. The molecule has 6 nitrogen and oxygen atoms in total. The fourth-order valence-corrected chi connectivity index (χ4v) is 9.48. The summed E-state index contributed by atoms with van der Waals surface area (Å²) in [4.78, 5) is 5.44. The van der Waals surface area contributed by atoms with E-state index in [4.69, 9.17) is 14.7 Å². The number of hydrogen-bond donors (Lipinski definition) is 2. The molecule has 5 aromatic carbocycles. The van der Waals surface area contributed by atoms with Gasteiger partial charge in [-0.2, -0.15) is 0 Å². The van der Waals surface area contributed by atoms with Crippen LogP contribution in [0.5, 0.6) is 0 Å². The molecule has 0 saturated carbocycles. The quantitative estimate of drug-likeness (QED) is 0.167. The topological polar surface area (TPSA) is 68.6 Å². The number of furan rings is 1. The highest BCUT2D eigenvalue weighted by Crippen LogP contribution is 2.45. The lowest BCUT2D eigenvalue weighted by atomic mass is 9.85. The zero-order chi connectivity index (χ0) is 37.0. The average molecular weight is 731 g/mol. The molecule has 2 aliphatic heterocycles.